The number of nitrogens with zero attached hydrogens (tertiary/aromatic N) is 1. The molecule has 4 aliphatic heterocycles. The van der Waals surface area contributed by atoms with Crippen LogP contribution in [0.2, 0.25) is 0 Å². The molecule has 10 N–H and O–H groups in total. The Labute approximate surface area is 515 Å². The zero-order chi connectivity index (χ0) is 66.2. The van der Waals surface area contributed by atoms with Gasteiger partial charge in [0.05, 0.1) is 42.3 Å². The minimum Gasteiger partial charge on any atom is -0.508 e. The van der Waals surface area contributed by atoms with Crippen molar-refractivity contribution >= 4 is 29.5 Å². The van der Waals surface area contributed by atoms with Gasteiger partial charge in [-0.3, -0.25) is 9.59 Å². The van der Waals surface area contributed by atoms with E-state index in [-0.39, 0.29) is 72.6 Å². The molecule has 16 atom stereocenters. The van der Waals surface area contributed by atoms with Crippen molar-refractivity contribution in [1.29, 1.82) is 0 Å². The molecule has 4 heterocycles. The van der Waals surface area contributed by atoms with Gasteiger partial charge in [0.15, 0.2) is 24.7 Å². The second kappa shape index (κ2) is 30.5. The van der Waals surface area contributed by atoms with E-state index in [1.165, 1.54) is 35.5 Å². The van der Waals surface area contributed by atoms with E-state index in [0.29, 0.717) is 40.8 Å². The highest BCUT2D eigenvalue weighted by Gasteiger charge is 2.49. The van der Waals surface area contributed by atoms with Crippen molar-refractivity contribution < 1.29 is 103 Å². The molecule has 24 nitrogen and oxygen atoms in total. The van der Waals surface area contributed by atoms with Crippen LogP contribution in [0.1, 0.15) is 137 Å². The van der Waals surface area contributed by atoms with E-state index in [1.807, 2.05) is 27.7 Å². The van der Waals surface area contributed by atoms with Crippen LogP contribution in [0.25, 0.3) is 0 Å². The number of aliphatic hydroxyl groups is 4. The highest BCUT2D eigenvalue weighted by molar-refractivity contribution is 5.97. The van der Waals surface area contributed by atoms with Gasteiger partial charge in [-0.2, -0.15) is 0 Å². The molecule has 2 amide bonds. The van der Waals surface area contributed by atoms with Gasteiger partial charge in [0, 0.05) is 95.3 Å². The average Bonchev–Trinajstić information content (AvgIpc) is 2.15. The summed E-state index contributed by atoms with van der Waals surface area (Å²) in [6.45, 7) is 30.0. The lowest BCUT2D eigenvalue weighted by Gasteiger charge is -2.47. The maximum absolute atomic E-state index is 13.0. The normalized spacial score (nSPS) is 25.2. The fraction of sp³-hybridized carbons (Fsp3) is 0.641. The van der Waals surface area contributed by atoms with Gasteiger partial charge in [-0.1, -0.05) is 70.0 Å². The van der Waals surface area contributed by atoms with Crippen LogP contribution in [0, 0.1) is 36.5 Å². The number of phenolic OH excluding ortho intramolecular Hbond substituents is 4. The van der Waals surface area contributed by atoms with E-state index < -0.39 is 132 Å². The van der Waals surface area contributed by atoms with E-state index in [9.17, 15) is 60.0 Å². The summed E-state index contributed by atoms with van der Waals surface area (Å²) in [5.74, 6) is -4.92. The fourth-order valence-electron chi connectivity index (χ4n) is 11.7. The first-order valence-corrected chi connectivity index (χ1v) is 29.4. The molecule has 2 aromatic rings. The van der Waals surface area contributed by atoms with E-state index >= 15 is 0 Å². The molecule has 0 bridgehead atoms. The van der Waals surface area contributed by atoms with Gasteiger partial charge in [-0.05, 0) is 69.2 Å². The zero-order valence-electron chi connectivity index (χ0n) is 53.5. The maximum atomic E-state index is 13.0. The van der Waals surface area contributed by atoms with Crippen LogP contribution >= 0.6 is 0 Å². The number of ether oxygens (including phenoxy) is 8. The van der Waals surface area contributed by atoms with Crippen molar-refractivity contribution in [2.45, 2.75) is 206 Å². The van der Waals surface area contributed by atoms with Gasteiger partial charge in [0.25, 0.3) is 11.8 Å². The van der Waals surface area contributed by atoms with E-state index in [2.05, 4.69) is 35.5 Å². The summed E-state index contributed by atoms with van der Waals surface area (Å²) in [6.07, 6.45) is -10.7. The van der Waals surface area contributed by atoms with Gasteiger partial charge in [-0.25, -0.2) is 9.59 Å². The highest BCUT2D eigenvalue weighted by atomic mass is 16.6. The Morgan fingerprint density at radius 1 is 0.614 bits per heavy atom. The number of esters is 2. The quantitative estimate of drug-likeness (QED) is 0.0252. The van der Waals surface area contributed by atoms with Crippen molar-refractivity contribution in [1.82, 2.24) is 10.6 Å². The molecule has 24 heteroatoms. The Hall–Kier alpha value is -6.19. The van der Waals surface area contributed by atoms with Gasteiger partial charge in [0.1, 0.15) is 65.7 Å². The minimum atomic E-state index is -1.49. The number of fused-ring (bicyclic) bond motifs is 2. The first-order chi connectivity index (χ1) is 41.1. The summed E-state index contributed by atoms with van der Waals surface area (Å²) in [5.41, 5.74) is 3.60. The number of carbonyl (C=O) groups is 4. The third-order valence-corrected chi connectivity index (χ3v) is 18.1. The fourth-order valence-corrected chi connectivity index (χ4v) is 11.7. The lowest BCUT2D eigenvalue weighted by molar-refractivity contribution is -0.169. The van der Waals surface area contributed by atoms with Crippen LogP contribution in [-0.2, 0) is 65.2 Å². The molecule has 492 valence electrons. The Kier molecular flexibility index (Phi) is 25.2. The van der Waals surface area contributed by atoms with Crippen LogP contribution in [0.3, 0.4) is 0 Å². The smallest absolute Gasteiger partial charge is 0.342 e. The Balaban J connectivity index is 0.000000321. The summed E-state index contributed by atoms with van der Waals surface area (Å²) in [5, 5.41) is 94.5. The monoisotopic (exact) mass is 1240 g/mol. The predicted octanol–water partition coefficient (Wildman–Crippen LogP) is 5.54. The molecule has 0 spiro atoms. The number of amides is 2. The molecule has 2 saturated heterocycles. The second-order valence-electron chi connectivity index (χ2n) is 25.0. The van der Waals surface area contributed by atoms with Gasteiger partial charge in [-0.15, -0.1) is 13.2 Å². The summed E-state index contributed by atoms with van der Waals surface area (Å²) < 4.78 is 45.9. The number of carbonyl (C=O) groups excluding carboxylic acids is 4. The van der Waals surface area contributed by atoms with Crippen LogP contribution in [0.15, 0.2) is 53.7 Å². The summed E-state index contributed by atoms with van der Waals surface area (Å²) in [7, 11) is 7.05. The number of hydrogen-bond donors (Lipinski definition) is 10. The number of aliphatic hydroxyl groups excluding tert-OH is 4. The number of benzene rings is 2. The van der Waals surface area contributed by atoms with E-state index in [0.717, 1.165) is 28.9 Å². The van der Waals surface area contributed by atoms with Crippen LogP contribution in [0.5, 0.6) is 23.0 Å². The number of phenols is 4. The summed E-state index contributed by atoms with van der Waals surface area (Å²) in [6, 6.07) is 2.23. The number of nitrogens with one attached hydrogen (secondary N) is 2. The SMILES string of the molecule is C=C(C)CC(OC)C(O)C(=O)NC(OC)C1C/C(=N\OC)C(C)(C)C(CC(O)C(C)C2Cc3c(C)c(O)cc(O)c3C(=O)O2)O1.C=C(C)CC(OC)C(O)C(=O)NC(OC)C1CC(=C)C(C)(C)C(CC(O)C(C)C2Cc3c(C)c(O)cc(O)c3C(=O)O2)O1. The Morgan fingerprint density at radius 2 is 0.989 bits per heavy atom. The van der Waals surface area contributed by atoms with E-state index in [1.54, 1.807) is 41.5 Å². The first kappa shape index (κ1) is 72.6. The Bertz CT molecular complexity index is 2890. The number of oxime groups is 1. The molecule has 2 fully saturated rings. The first-order valence-electron chi connectivity index (χ1n) is 29.4. The van der Waals surface area contributed by atoms with Gasteiger partial charge in [0.2, 0.25) is 0 Å². The number of aromatic hydroxyl groups is 4. The summed E-state index contributed by atoms with van der Waals surface area (Å²) >= 11 is 0. The molecule has 4 aliphatic rings. The molecule has 6 rings (SSSR count). The topological polar surface area (TPSA) is 350 Å². The number of hydrogen-bond acceptors (Lipinski definition) is 22. The largest absolute Gasteiger partial charge is 0.508 e. The minimum absolute atomic E-state index is 0.0115. The molecule has 0 aromatic heterocycles. The lowest BCUT2D eigenvalue weighted by atomic mass is 9.72. The number of methoxy groups -OCH3 is 4. The van der Waals surface area contributed by atoms with Gasteiger partial charge >= 0.3 is 11.9 Å². The lowest BCUT2D eigenvalue weighted by Crippen LogP contribution is -2.58. The molecule has 88 heavy (non-hydrogen) atoms. The maximum Gasteiger partial charge on any atom is 0.342 e. The van der Waals surface area contributed by atoms with Gasteiger partial charge < -0.3 is 94.2 Å². The standard InChI is InChI=1S/C32H48N2O11.C32H47NO10/c1-15(2)10-23(41-7)28(38)29(39)33-30(42-8)24-14-25(34-43-9)32(5,6)26(44-24)13-20(36)17(4)22-11-18-16(3)19(35)12-21(37)27(18)31(40)45-22;1-15(2)10-24(40-8)28(37)29(38)33-30(41-9)25-11-16(3)32(6,7)26(42-25)14-21(35)18(5)23-12-19-17(4)20(34)13-22(36)27(19)31(39)43-23/h12,17,20,22-24,26,28,30,35-38H,1,10-11,13-14H2,2-9H3,(H,33,39);13,18,21,23-26,28,30,34-37H,1,3,10-12,14H2,2,4-9H3,(H,33,38)/b34-25+;. The third kappa shape index (κ3) is 16.6. The van der Waals surface area contributed by atoms with Crippen LogP contribution < -0.4 is 10.6 Å². The summed E-state index contributed by atoms with van der Waals surface area (Å²) in [4.78, 5) is 56.7. The van der Waals surface area contributed by atoms with E-state index in [4.69, 9.17) is 42.7 Å². The predicted molar refractivity (Wildman–Crippen MR) is 322 cm³/mol. The number of cyclic esters (lactones) is 2. The van der Waals surface area contributed by atoms with Crippen molar-refractivity contribution in [2.75, 3.05) is 35.5 Å². The zero-order valence-corrected chi connectivity index (χ0v) is 53.5. The molecular weight excluding hydrogens is 1150 g/mol. The van der Waals surface area contributed by atoms with Crippen molar-refractivity contribution in [2.24, 2.45) is 27.8 Å². The third-order valence-electron chi connectivity index (χ3n) is 18.1. The second-order valence-corrected chi connectivity index (χ2v) is 25.0. The highest BCUT2D eigenvalue weighted by Crippen LogP contribution is 2.45. The van der Waals surface area contributed by atoms with Crippen molar-refractivity contribution in [3.63, 3.8) is 0 Å². The molecule has 2 aromatic carbocycles. The molecule has 0 radical (unpaired) electrons. The molecule has 16 unspecified atom stereocenters. The molecule has 0 aliphatic carbocycles. The molecular formula is C64H95N3O21. The van der Waals surface area contributed by atoms with Crippen molar-refractivity contribution in [3.05, 3.63) is 82.0 Å². The number of rotatable bonds is 25. The Morgan fingerprint density at radius 3 is 1.34 bits per heavy atom. The average molecular weight is 1240 g/mol. The van der Waals surface area contributed by atoms with Crippen LogP contribution in [-0.4, -0.2) is 192 Å². The van der Waals surface area contributed by atoms with Crippen LogP contribution in [0.4, 0.5) is 0 Å². The molecule has 0 saturated carbocycles. The van der Waals surface area contributed by atoms with Crippen molar-refractivity contribution in [3.8, 4) is 23.0 Å².